The summed E-state index contributed by atoms with van der Waals surface area (Å²) in [5.74, 6) is 1.03. The fourth-order valence-electron chi connectivity index (χ4n) is 2.60. The summed E-state index contributed by atoms with van der Waals surface area (Å²) in [6, 6.07) is 9.70. The van der Waals surface area contributed by atoms with Crippen LogP contribution in [-0.2, 0) is 4.79 Å². The summed E-state index contributed by atoms with van der Waals surface area (Å²) < 4.78 is 2.02. The van der Waals surface area contributed by atoms with Crippen molar-refractivity contribution in [1.82, 2.24) is 9.55 Å². The molecule has 0 radical (unpaired) electrons. The van der Waals surface area contributed by atoms with Crippen LogP contribution < -0.4 is 5.32 Å². The van der Waals surface area contributed by atoms with Crippen LogP contribution in [0.4, 0.5) is 5.82 Å². The molecule has 3 heterocycles. The van der Waals surface area contributed by atoms with Gasteiger partial charge in [-0.3, -0.25) is 9.36 Å². The van der Waals surface area contributed by atoms with E-state index in [-0.39, 0.29) is 11.2 Å². The summed E-state index contributed by atoms with van der Waals surface area (Å²) in [4.78, 5) is 16.4. The maximum Gasteiger partial charge on any atom is 0.235 e. The number of thiophene rings is 1. The number of fused-ring (bicyclic) bond motifs is 1. The Hall–Kier alpha value is -1.76. The average molecular weight is 362 g/mol. The zero-order valence-corrected chi connectivity index (χ0v) is 14.3. The lowest BCUT2D eigenvalue weighted by molar-refractivity contribution is -0.113. The van der Waals surface area contributed by atoms with E-state index in [4.69, 9.17) is 11.6 Å². The highest BCUT2D eigenvalue weighted by molar-refractivity contribution is 8.00. The van der Waals surface area contributed by atoms with Crippen molar-refractivity contribution in [2.45, 2.75) is 5.25 Å². The van der Waals surface area contributed by atoms with Gasteiger partial charge in [-0.15, -0.1) is 11.8 Å². The molecule has 1 N–H and O–H groups in total. The number of carbonyl (C=O) groups excluding carboxylic acids is 1. The van der Waals surface area contributed by atoms with E-state index in [0.29, 0.717) is 16.6 Å². The molecule has 0 unspecified atom stereocenters. The first-order valence-electron chi connectivity index (χ1n) is 6.99. The van der Waals surface area contributed by atoms with Gasteiger partial charge in [0.05, 0.1) is 16.7 Å². The third-order valence-electron chi connectivity index (χ3n) is 3.64. The Kier molecular flexibility index (Phi) is 3.88. The molecule has 1 aliphatic rings. The van der Waals surface area contributed by atoms with Crippen LogP contribution in [0.2, 0.25) is 5.02 Å². The normalized spacial score (nSPS) is 17.4. The molecule has 1 atom stereocenters. The Morgan fingerprint density at radius 1 is 1.26 bits per heavy atom. The molecule has 0 aliphatic carbocycles. The van der Waals surface area contributed by atoms with Gasteiger partial charge >= 0.3 is 0 Å². The number of amides is 1. The van der Waals surface area contributed by atoms with Crippen molar-refractivity contribution >= 4 is 46.4 Å². The molecule has 1 amide bonds. The van der Waals surface area contributed by atoms with Crippen molar-refractivity contribution in [3.8, 4) is 5.69 Å². The van der Waals surface area contributed by atoms with Crippen molar-refractivity contribution in [3.63, 3.8) is 0 Å². The van der Waals surface area contributed by atoms with Crippen LogP contribution in [0.5, 0.6) is 0 Å². The Morgan fingerprint density at radius 2 is 2.09 bits per heavy atom. The highest BCUT2D eigenvalue weighted by atomic mass is 35.5. The van der Waals surface area contributed by atoms with Gasteiger partial charge < -0.3 is 5.32 Å². The first kappa shape index (κ1) is 14.8. The van der Waals surface area contributed by atoms with E-state index in [2.05, 4.69) is 27.1 Å². The zero-order valence-electron chi connectivity index (χ0n) is 11.9. The predicted molar refractivity (Wildman–Crippen MR) is 95.8 cm³/mol. The van der Waals surface area contributed by atoms with Crippen LogP contribution in [0.1, 0.15) is 16.5 Å². The molecule has 0 bridgehead atoms. The first-order valence-corrected chi connectivity index (χ1v) is 9.36. The molecular formula is C16H12ClN3OS2. The molecule has 1 aromatic carbocycles. The van der Waals surface area contributed by atoms with E-state index in [1.807, 2.05) is 28.8 Å². The molecule has 0 spiro atoms. The van der Waals surface area contributed by atoms with Gasteiger partial charge in [0, 0.05) is 10.7 Å². The topological polar surface area (TPSA) is 46.9 Å². The molecule has 116 valence electrons. The number of nitrogens with one attached hydrogen (secondary N) is 1. The Bertz CT molecular complexity index is 843. The van der Waals surface area contributed by atoms with Gasteiger partial charge in [-0.1, -0.05) is 11.6 Å². The van der Waals surface area contributed by atoms with Crippen LogP contribution in [-0.4, -0.2) is 21.2 Å². The quantitative estimate of drug-likeness (QED) is 0.737. The van der Waals surface area contributed by atoms with E-state index < -0.39 is 0 Å². The second-order valence-corrected chi connectivity index (χ2v) is 7.43. The number of imidazole rings is 1. The predicted octanol–water partition coefficient (Wildman–Crippen LogP) is 4.36. The van der Waals surface area contributed by atoms with Gasteiger partial charge in [0.15, 0.2) is 5.82 Å². The fraction of sp³-hybridized carbons (Fsp3) is 0.125. The number of benzene rings is 1. The maximum atomic E-state index is 12.0. The molecule has 1 aliphatic heterocycles. The standard InChI is InChI=1S/C16H12ClN3OS2/c17-11-1-3-12(4-2-11)20-9-18-16-14(20)15(10-5-6-22-7-10)23-8-13(21)19-16/h1-7,9,15H,8H2,(H,19,21)/t15-/m0/s1. The molecule has 4 nitrogen and oxygen atoms in total. The van der Waals surface area contributed by atoms with Crippen molar-refractivity contribution in [2.75, 3.05) is 11.1 Å². The Labute approximate surface area is 146 Å². The summed E-state index contributed by atoms with van der Waals surface area (Å²) in [5, 5.41) is 7.83. The van der Waals surface area contributed by atoms with Crippen molar-refractivity contribution in [3.05, 3.63) is 63.7 Å². The molecule has 0 fully saturated rings. The number of thioether (sulfide) groups is 1. The van der Waals surface area contributed by atoms with Crippen LogP contribution in [0, 0.1) is 0 Å². The molecule has 23 heavy (non-hydrogen) atoms. The largest absolute Gasteiger partial charge is 0.308 e. The summed E-state index contributed by atoms with van der Waals surface area (Å²) in [6.07, 6.45) is 1.75. The van der Waals surface area contributed by atoms with Gasteiger partial charge in [0.2, 0.25) is 5.91 Å². The molecule has 7 heteroatoms. The van der Waals surface area contributed by atoms with Crippen LogP contribution >= 0.6 is 34.7 Å². The van der Waals surface area contributed by atoms with Crippen molar-refractivity contribution in [2.24, 2.45) is 0 Å². The maximum absolute atomic E-state index is 12.0. The number of halogens is 1. The second-order valence-electron chi connectivity index (χ2n) is 5.12. The number of anilines is 1. The summed E-state index contributed by atoms with van der Waals surface area (Å²) in [6.45, 7) is 0. The molecule has 2 aromatic heterocycles. The van der Waals surface area contributed by atoms with E-state index in [1.165, 1.54) is 5.56 Å². The van der Waals surface area contributed by atoms with Crippen molar-refractivity contribution in [1.29, 1.82) is 0 Å². The number of nitrogens with zero attached hydrogens (tertiary/aromatic N) is 2. The molecule has 3 aromatic rings. The zero-order chi connectivity index (χ0) is 15.8. The van der Waals surface area contributed by atoms with E-state index in [9.17, 15) is 4.79 Å². The second kappa shape index (κ2) is 6.03. The summed E-state index contributed by atoms with van der Waals surface area (Å²) >= 11 is 9.26. The Balaban J connectivity index is 1.87. The minimum Gasteiger partial charge on any atom is -0.308 e. The highest BCUT2D eigenvalue weighted by Gasteiger charge is 2.29. The Morgan fingerprint density at radius 3 is 2.83 bits per heavy atom. The lowest BCUT2D eigenvalue weighted by Crippen LogP contribution is -2.12. The summed E-state index contributed by atoms with van der Waals surface area (Å²) in [5.41, 5.74) is 3.15. The average Bonchev–Trinajstić information content (AvgIpc) is 3.17. The molecule has 4 rings (SSSR count). The minimum atomic E-state index is -0.0182. The van der Waals surface area contributed by atoms with Gasteiger partial charge in [0.25, 0.3) is 0 Å². The van der Waals surface area contributed by atoms with E-state index >= 15 is 0 Å². The molecule has 0 saturated heterocycles. The monoisotopic (exact) mass is 361 g/mol. The SMILES string of the molecule is O=C1CS[C@@H](c2ccsc2)c2c(ncn2-c2ccc(Cl)cc2)N1. The molecular weight excluding hydrogens is 350 g/mol. The smallest absolute Gasteiger partial charge is 0.235 e. The number of carbonyl (C=O) groups is 1. The minimum absolute atomic E-state index is 0.0182. The third kappa shape index (κ3) is 2.78. The van der Waals surface area contributed by atoms with Gasteiger partial charge in [0.1, 0.15) is 6.33 Å². The third-order valence-corrected chi connectivity index (χ3v) is 5.85. The lowest BCUT2D eigenvalue weighted by atomic mass is 10.1. The van der Waals surface area contributed by atoms with E-state index in [1.54, 1.807) is 29.4 Å². The van der Waals surface area contributed by atoms with Gasteiger partial charge in [-0.25, -0.2) is 4.98 Å². The van der Waals surface area contributed by atoms with Gasteiger partial charge in [-0.2, -0.15) is 11.3 Å². The van der Waals surface area contributed by atoms with E-state index in [0.717, 1.165) is 11.4 Å². The number of aromatic nitrogens is 2. The van der Waals surface area contributed by atoms with Crippen LogP contribution in [0.3, 0.4) is 0 Å². The summed E-state index contributed by atoms with van der Waals surface area (Å²) in [7, 11) is 0. The number of hydrogen-bond acceptors (Lipinski definition) is 4. The number of hydrogen-bond donors (Lipinski definition) is 1. The highest BCUT2D eigenvalue weighted by Crippen LogP contribution is 2.42. The first-order chi connectivity index (χ1) is 11.2. The number of rotatable bonds is 2. The van der Waals surface area contributed by atoms with Crippen molar-refractivity contribution < 1.29 is 4.79 Å². The lowest BCUT2D eigenvalue weighted by Gasteiger charge is -2.16. The van der Waals surface area contributed by atoms with Crippen LogP contribution in [0.25, 0.3) is 5.69 Å². The fourth-order valence-corrected chi connectivity index (χ4v) is 4.61. The van der Waals surface area contributed by atoms with Gasteiger partial charge in [-0.05, 0) is 46.7 Å². The van der Waals surface area contributed by atoms with Crippen LogP contribution in [0.15, 0.2) is 47.4 Å². The molecule has 0 saturated carbocycles.